The van der Waals surface area contributed by atoms with Gasteiger partial charge in [-0.05, 0) is 64.7 Å². The van der Waals surface area contributed by atoms with Crippen LogP contribution in [0.15, 0.2) is 127 Å². The van der Waals surface area contributed by atoms with Gasteiger partial charge in [-0.1, -0.05) is 84.9 Å². The first-order chi connectivity index (χ1) is 22.8. The first kappa shape index (κ1) is 31.3. The van der Waals surface area contributed by atoms with Crippen LogP contribution in [0.2, 0.25) is 0 Å². The molecular weight excluding hydrogens is 590 g/mol. The number of allylic oxidation sites excluding steroid dienone is 2. The Morgan fingerprint density at radius 1 is 0.574 bits per heavy atom. The van der Waals surface area contributed by atoms with Gasteiger partial charge in [0.05, 0.1) is 28.2 Å². The third kappa shape index (κ3) is 8.09. The van der Waals surface area contributed by atoms with E-state index in [-0.39, 0.29) is 11.1 Å². The summed E-state index contributed by atoms with van der Waals surface area (Å²) >= 11 is 0. The second-order valence-electron chi connectivity index (χ2n) is 10.2. The number of amides is 2. The standard InChI is InChI=1S/C38H25N5O4/c39-24-32(28-7-3-1-4-8-28)19-26-11-15-34(16-12-26)41-37(44)30-21-31(23-36(22-30)43(46)47)38(45)42-35-17-13-27(14-18-35)20-33(25-40)29-9-5-2-6-10-29/h1-23H,(H,41,44)(H,42,45)/b32-19+,33-20+. The third-order valence-corrected chi connectivity index (χ3v) is 7.02. The van der Waals surface area contributed by atoms with E-state index in [9.17, 15) is 30.2 Å². The molecule has 0 spiro atoms. The van der Waals surface area contributed by atoms with Crippen LogP contribution in [-0.2, 0) is 0 Å². The van der Waals surface area contributed by atoms with Gasteiger partial charge < -0.3 is 10.6 Å². The number of non-ortho nitro benzene ring substituents is 1. The van der Waals surface area contributed by atoms with E-state index in [1.807, 2.05) is 60.7 Å². The third-order valence-electron chi connectivity index (χ3n) is 7.02. The van der Waals surface area contributed by atoms with Crippen molar-refractivity contribution >= 4 is 52.2 Å². The quantitative estimate of drug-likeness (QED) is 0.0738. The summed E-state index contributed by atoms with van der Waals surface area (Å²) in [6, 6.07) is 39.8. The Bertz CT molecular complexity index is 1950. The Kier molecular flexibility index (Phi) is 9.72. The summed E-state index contributed by atoms with van der Waals surface area (Å²) in [5.74, 6) is -1.29. The van der Waals surface area contributed by atoms with Crippen molar-refractivity contribution in [2.24, 2.45) is 0 Å². The fraction of sp³-hybridized carbons (Fsp3) is 0. The highest BCUT2D eigenvalue weighted by Crippen LogP contribution is 2.23. The van der Waals surface area contributed by atoms with Gasteiger partial charge in [-0.25, -0.2) is 0 Å². The van der Waals surface area contributed by atoms with Gasteiger partial charge in [-0.3, -0.25) is 19.7 Å². The molecule has 0 heterocycles. The topological polar surface area (TPSA) is 149 Å². The number of nitrogens with zero attached hydrogens (tertiary/aromatic N) is 3. The first-order valence-electron chi connectivity index (χ1n) is 14.3. The molecule has 5 aromatic carbocycles. The molecule has 0 bridgehead atoms. The molecule has 0 saturated heterocycles. The molecule has 2 N–H and O–H groups in total. The van der Waals surface area contributed by atoms with Gasteiger partial charge in [0.25, 0.3) is 17.5 Å². The van der Waals surface area contributed by atoms with E-state index >= 15 is 0 Å². The molecule has 0 radical (unpaired) electrons. The van der Waals surface area contributed by atoms with Gasteiger partial charge in [0, 0.05) is 34.6 Å². The average Bonchev–Trinajstić information content (AvgIpc) is 3.11. The van der Waals surface area contributed by atoms with E-state index < -0.39 is 22.4 Å². The van der Waals surface area contributed by atoms with E-state index in [0.717, 1.165) is 34.4 Å². The lowest BCUT2D eigenvalue weighted by molar-refractivity contribution is -0.384. The fourth-order valence-electron chi connectivity index (χ4n) is 4.64. The van der Waals surface area contributed by atoms with Crippen molar-refractivity contribution in [3.05, 3.63) is 171 Å². The summed E-state index contributed by atoms with van der Waals surface area (Å²) in [5.41, 5.74) is 4.27. The SMILES string of the molecule is N#C/C(=C\c1ccc(NC(=O)c2cc(C(=O)Nc3ccc(/C=C(\C#N)c4ccccc4)cc3)cc([N+](=O)[O-])c2)cc1)c1ccccc1. The molecule has 0 aliphatic heterocycles. The second kappa shape index (κ2) is 14.6. The number of carbonyl (C=O) groups is 2. The van der Waals surface area contributed by atoms with Crippen LogP contribution in [0.3, 0.4) is 0 Å². The number of anilines is 2. The van der Waals surface area contributed by atoms with Crippen LogP contribution in [-0.4, -0.2) is 16.7 Å². The molecule has 5 aromatic rings. The van der Waals surface area contributed by atoms with Gasteiger partial charge in [-0.15, -0.1) is 0 Å². The number of nitro benzene ring substituents is 1. The molecule has 226 valence electrons. The molecule has 0 saturated carbocycles. The van der Waals surface area contributed by atoms with Crippen molar-refractivity contribution in [2.75, 3.05) is 10.6 Å². The summed E-state index contributed by atoms with van der Waals surface area (Å²) in [6.07, 6.45) is 3.45. The summed E-state index contributed by atoms with van der Waals surface area (Å²) in [4.78, 5) is 37.2. The number of nitro groups is 1. The largest absolute Gasteiger partial charge is 0.322 e. The molecule has 0 aromatic heterocycles. The van der Waals surface area contributed by atoms with E-state index in [0.29, 0.717) is 22.5 Å². The highest BCUT2D eigenvalue weighted by atomic mass is 16.6. The van der Waals surface area contributed by atoms with Crippen molar-refractivity contribution in [3.8, 4) is 12.1 Å². The monoisotopic (exact) mass is 615 g/mol. The van der Waals surface area contributed by atoms with Crippen molar-refractivity contribution in [3.63, 3.8) is 0 Å². The van der Waals surface area contributed by atoms with Gasteiger partial charge in [0.15, 0.2) is 0 Å². The smallest absolute Gasteiger partial charge is 0.271 e. The predicted molar refractivity (Wildman–Crippen MR) is 182 cm³/mol. The van der Waals surface area contributed by atoms with Crippen molar-refractivity contribution in [1.82, 2.24) is 0 Å². The van der Waals surface area contributed by atoms with Crippen LogP contribution >= 0.6 is 0 Å². The molecule has 0 atom stereocenters. The number of carbonyl (C=O) groups excluding carboxylic acids is 2. The molecular formula is C38H25N5O4. The van der Waals surface area contributed by atoms with Crippen LogP contribution in [0.1, 0.15) is 43.0 Å². The zero-order chi connectivity index (χ0) is 33.2. The van der Waals surface area contributed by atoms with Crippen molar-refractivity contribution < 1.29 is 14.5 Å². The summed E-state index contributed by atoms with van der Waals surface area (Å²) in [6.45, 7) is 0. The maximum absolute atomic E-state index is 13.1. The minimum absolute atomic E-state index is 0.0744. The molecule has 5 rings (SSSR count). The Hall–Kier alpha value is -7.10. The van der Waals surface area contributed by atoms with Crippen LogP contribution in [0.5, 0.6) is 0 Å². The van der Waals surface area contributed by atoms with E-state index in [4.69, 9.17) is 0 Å². The number of benzene rings is 5. The van der Waals surface area contributed by atoms with Crippen molar-refractivity contribution in [2.45, 2.75) is 0 Å². The lowest BCUT2D eigenvalue weighted by atomic mass is 10.0. The maximum Gasteiger partial charge on any atom is 0.271 e. The van der Waals surface area contributed by atoms with Gasteiger partial charge in [0.2, 0.25) is 0 Å². The summed E-state index contributed by atoms with van der Waals surface area (Å²) in [7, 11) is 0. The van der Waals surface area contributed by atoms with Crippen LogP contribution in [0.4, 0.5) is 17.1 Å². The normalized spacial score (nSPS) is 11.1. The first-order valence-corrected chi connectivity index (χ1v) is 14.3. The Morgan fingerprint density at radius 2 is 0.957 bits per heavy atom. The lowest BCUT2D eigenvalue weighted by Gasteiger charge is -2.09. The molecule has 9 nitrogen and oxygen atoms in total. The Balaban J connectivity index is 1.30. The molecule has 2 amide bonds. The highest BCUT2D eigenvalue weighted by Gasteiger charge is 2.19. The summed E-state index contributed by atoms with van der Waals surface area (Å²) < 4.78 is 0. The number of hydrogen-bond acceptors (Lipinski definition) is 6. The second-order valence-corrected chi connectivity index (χ2v) is 10.2. The van der Waals surface area contributed by atoms with E-state index in [1.54, 1.807) is 60.7 Å². The Morgan fingerprint density at radius 3 is 1.30 bits per heavy atom. The van der Waals surface area contributed by atoms with Gasteiger partial charge in [0.1, 0.15) is 0 Å². The van der Waals surface area contributed by atoms with Crippen LogP contribution < -0.4 is 10.6 Å². The number of rotatable bonds is 9. The van der Waals surface area contributed by atoms with Crippen LogP contribution in [0, 0.1) is 32.8 Å². The van der Waals surface area contributed by atoms with E-state index in [2.05, 4.69) is 22.8 Å². The zero-order valence-corrected chi connectivity index (χ0v) is 24.8. The molecule has 0 aliphatic rings. The molecule has 9 heteroatoms. The zero-order valence-electron chi connectivity index (χ0n) is 24.8. The van der Waals surface area contributed by atoms with Gasteiger partial charge in [-0.2, -0.15) is 10.5 Å². The minimum Gasteiger partial charge on any atom is -0.322 e. The predicted octanol–water partition coefficient (Wildman–Crippen LogP) is 8.23. The number of nitrogens with one attached hydrogen (secondary N) is 2. The molecule has 0 aliphatic carbocycles. The number of nitriles is 2. The Labute approximate surface area is 270 Å². The molecule has 47 heavy (non-hydrogen) atoms. The average molecular weight is 616 g/mol. The highest BCUT2D eigenvalue weighted by molar-refractivity contribution is 6.09. The van der Waals surface area contributed by atoms with Crippen molar-refractivity contribution in [1.29, 1.82) is 10.5 Å². The molecule has 0 fully saturated rings. The fourth-order valence-corrected chi connectivity index (χ4v) is 4.64. The van der Waals surface area contributed by atoms with Gasteiger partial charge >= 0.3 is 0 Å². The number of hydrogen-bond donors (Lipinski definition) is 2. The maximum atomic E-state index is 13.1. The molecule has 0 unspecified atom stereocenters. The van der Waals surface area contributed by atoms with E-state index in [1.165, 1.54) is 6.07 Å². The minimum atomic E-state index is -0.672. The van der Waals surface area contributed by atoms with Crippen LogP contribution in [0.25, 0.3) is 23.3 Å². The lowest BCUT2D eigenvalue weighted by Crippen LogP contribution is -2.16. The summed E-state index contributed by atoms with van der Waals surface area (Å²) in [5, 5.41) is 36.2.